The lowest BCUT2D eigenvalue weighted by Crippen LogP contribution is -2.24. The van der Waals surface area contributed by atoms with Gasteiger partial charge in [-0.05, 0) is 42.1 Å². The van der Waals surface area contributed by atoms with E-state index in [0.717, 1.165) is 14.9 Å². The van der Waals surface area contributed by atoms with Gasteiger partial charge in [-0.15, -0.1) is 11.3 Å². The monoisotopic (exact) mass is 335 g/mol. The maximum atomic E-state index is 11.8. The molecule has 98 valence electrons. The van der Waals surface area contributed by atoms with Crippen molar-refractivity contribution < 1.29 is 4.79 Å². The Kier molecular flexibility index (Phi) is 4.93. The maximum Gasteiger partial charge on any atom is 0.244 e. The van der Waals surface area contributed by atoms with Crippen molar-refractivity contribution in [1.29, 1.82) is 0 Å². The van der Waals surface area contributed by atoms with Crippen LogP contribution in [0, 0.1) is 0 Å². The summed E-state index contributed by atoms with van der Waals surface area (Å²) < 4.78 is 1.01. The Morgan fingerprint density at radius 3 is 2.89 bits per heavy atom. The van der Waals surface area contributed by atoms with Gasteiger partial charge < -0.3 is 5.32 Å². The van der Waals surface area contributed by atoms with Gasteiger partial charge in [0.25, 0.3) is 0 Å². The first-order valence-corrected chi connectivity index (χ1v) is 7.60. The fourth-order valence-electron chi connectivity index (χ4n) is 1.66. The molecule has 0 aliphatic carbocycles. The number of halogens is 1. The average molecular weight is 336 g/mol. The van der Waals surface area contributed by atoms with Crippen LogP contribution in [0.3, 0.4) is 0 Å². The minimum absolute atomic E-state index is 0.0158. The standard InChI is InChI=1S/C15H14BrNOS/c1-11(12-4-2-5-13(16)10-12)17-15(18)8-7-14-6-3-9-19-14/h2-11H,1H3,(H,17,18)/b8-7+/t11-/m0/s1. The second-order valence-electron chi connectivity index (χ2n) is 4.13. The Hall–Kier alpha value is -1.39. The average Bonchev–Trinajstić information content (AvgIpc) is 2.89. The summed E-state index contributed by atoms with van der Waals surface area (Å²) in [4.78, 5) is 12.9. The van der Waals surface area contributed by atoms with Gasteiger partial charge in [-0.2, -0.15) is 0 Å². The molecule has 1 aromatic carbocycles. The van der Waals surface area contributed by atoms with E-state index in [4.69, 9.17) is 0 Å². The summed E-state index contributed by atoms with van der Waals surface area (Å²) in [6.45, 7) is 1.97. The molecule has 0 saturated heterocycles. The molecule has 1 amide bonds. The van der Waals surface area contributed by atoms with Crippen LogP contribution in [0.4, 0.5) is 0 Å². The first-order valence-electron chi connectivity index (χ1n) is 5.93. The second-order valence-corrected chi connectivity index (χ2v) is 6.03. The first kappa shape index (κ1) is 14.0. The molecular formula is C15H14BrNOS. The van der Waals surface area contributed by atoms with Crippen molar-refractivity contribution in [2.45, 2.75) is 13.0 Å². The van der Waals surface area contributed by atoms with Crippen molar-refractivity contribution in [3.8, 4) is 0 Å². The van der Waals surface area contributed by atoms with E-state index in [0.29, 0.717) is 0 Å². The van der Waals surface area contributed by atoms with Crippen molar-refractivity contribution >= 4 is 39.2 Å². The molecule has 0 saturated carbocycles. The van der Waals surface area contributed by atoms with E-state index in [9.17, 15) is 4.79 Å². The van der Waals surface area contributed by atoms with E-state index in [1.807, 2.05) is 54.8 Å². The molecule has 1 heterocycles. The van der Waals surface area contributed by atoms with E-state index >= 15 is 0 Å². The van der Waals surface area contributed by atoms with Crippen LogP contribution in [-0.2, 0) is 4.79 Å². The second kappa shape index (κ2) is 6.68. The molecule has 2 rings (SSSR count). The zero-order chi connectivity index (χ0) is 13.7. The van der Waals surface area contributed by atoms with Gasteiger partial charge in [0.15, 0.2) is 0 Å². The van der Waals surface area contributed by atoms with Crippen molar-refractivity contribution in [3.63, 3.8) is 0 Å². The van der Waals surface area contributed by atoms with E-state index in [1.54, 1.807) is 17.4 Å². The highest BCUT2D eigenvalue weighted by molar-refractivity contribution is 9.10. The summed E-state index contributed by atoms with van der Waals surface area (Å²) >= 11 is 5.04. The van der Waals surface area contributed by atoms with Gasteiger partial charge in [0.1, 0.15) is 0 Å². The van der Waals surface area contributed by atoms with Gasteiger partial charge in [0.2, 0.25) is 5.91 Å². The van der Waals surface area contributed by atoms with Crippen molar-refractivity contribution in [2.24, 2.45) is 0 Å². The third-order valence-corrected chi connectivity index (χ3v) is 3.98. The summed E-state index contributed by atoms with van der Waals surface area (Å²) in [5, 5.41) is 4.93. The molecule has 1 N–H and O–H groups in total. The zero-order valence-electron chi connectivity index (χ0n) is 10.5. The quantitative estimate of drug-likeness (QED) is 0.824. The van der Waals surface area contributed by atoms with Crippen LogP contribution in [0.25, 0.3) is 6.08 Å². The lowest BCUT2D eigenvalue weighted by Gasteiger charge is -2.13. The molecule has 0 unspecified atom stereocenters. The highest BCUT2D eigenvalue weighted by atomic mass is 79.9. The molecule has 0 fully saturated rings. The number of hydrogen-bond donors (Lipinski definition) is 1. The summed E-state index contributed by atoms with van der Waals surface area (Å²) in [5.41, 5.74) is 1.08. The molecule has 0 bridgehead atoms. The van der Waals surface area contributed by atoms with E-state index < -0.39 is 0 Å². The van der Waals surface area contributed by atoms with E-state index in [-0.39, 0.29) is 11.9 Å². The number of rotatable bonds is 4. The van der Waals surface area contributed by atoms with Gasteiger partial charge in [0, 0.05) is 15.4 Å². The molecule has 0 aliphatic heterocycles. The molecule has 19 heavy (non-hydrogen) atoms. The molecule has 1 aromatic heterocycles. The molecular weight excluding hydrogens is 322 g/mol. The highest BCUT2D eigenvalue weighted by Gasteiger charge is 2.07. The summed E-state index contributed by atoms with van der Waals surface area (Å²) in [5.74, 6) is -0.0825. The topological polar surface area (TPSA) is 29.1 Å². The highest BCUT2D eigenvalue weighted by Crippen LogP contribution is 2.18. The van der Waals surface area contributed by atoms with Gasteiger partial charge in [0.05, 0.1) is 6.04 Å². The normalized spacial score (nSPS) is 12.5. The number of amides is 1. The number of thiophene rings is 1. The van der Waals surface area contributed by atoms with Crippen LogP contribution in [0.1, 0.15) is 23.4 Å². The molecule has 4 heteroatoms. The maximum absolute atomic E-state index is 11.8. The molecule has 0 spiro atoms. The Labute approximate surface area is 125 Å². The van der Waals surface area contributed by atoms with Crippen LogP contribution < -0.4 is 5.32 Å². The summed E-state index contributed by atoms with van der Waals surface area (Å²) in [6, 6.07) is 11.9. The summed E-state index contributed by atoms with van der Waals surface area (Å²) in [7, 11) is 0. The lowest BCUT2D eigenvalue weighted by atomic mass is 10.1. The Bertz CT molecular complexity index is 578. The zero-order valence-corrected chi connectivity index (χ0v) is 12.9. The predicted molar refractivity (Wildman–Crippen MR) is 84.1 cm³/mol. The number of hydrogen-bond acceptors (Lipinski definition) is 2. The van der Waals surface area contributed by atoms with Crippen LogP contribution in [-0.4, -0.2) is 5.91 Å². The SMILES string of the molecule is C[C@H](NC(=O)/C=C/c1cccs1)c1cccc(Br)c1. The largest absolute Gasteiger partial charge is 0.346 e. The van der Waals surface area contributed by atoms with Gasteiger partial charge in [-0.3, -0.25) is 4.79 Å². The Morgan fingerprint density at radius 2 is 2.21 bits per heavy atom. The summed E-state index contributed by atoms with van der Waals surface area (Å²) in [6.07, 6.45) is 3.40. The smallest absolute Gasteiger partial charge is 0.244 e. The van der Waals surface area contributed by atoms with Crippen LogP contribution in [0.2, 0.25) is 0 Å². The predicted octanol–water partition coefficient (Wildman–Crippen LogP) is 4.40. The minimum atomic E-state index is -0.0825. The van der Waals surface area contributed by atoms with E-state index in [1.165, 1.54) is 0 Å². The third-order valence-electron chi connectivity index (χ3n) is 2.65. The third kappa shape index (κ3) is 4.33. The molecule has 1 atom stereocenters. The number of carbonyl (C=O) groups is 1. The van der Waals surface area contributed by atoms with E-state index in [2.05, 4.69) is 21.2 Å². The van der Waals surface area contributed by atoms with Crippen LogP contribution in [0.5, 0.6) is 0 Å². The van der Waals surface area contributed by atoms with Gasteiger partial charge in [-0.25, -0.2) is 0 Å². The fourth-order valence-corrected chi connectivity index (χ4v) is 2.70. The minimum Gasteiger partial charge on any atom is -0.346 e. The molecule has 2 nitrogen and oxygen atoms in total. The van der Waals surface area contributed by atoms with Gasteiger partial charge >= 0.3 is 0 Å². The fraction of sp³-hybridized carbons (Fsp3) is 0.133. The number of carbonyl (C=O) groups excluding carboxylic acids is 1. The Balaban J connectivity index is 1.95. The van der Waals surface area contributed by atoms with Crippen LogP contribution in [0.15, 0.2) is 52.3 Å². The van der Waals surface area contributed by atoms with Gasteiger partial charge in [-0.1, -0.05) is 34.1 Å². The van der Waals surface area contributed by atoms with Crippen LogP contribution >= 0.6 is 27.3 Å². The van der Waals surface area contributed by atoms with Crippen molar-refractivity contribution in [1.82, 2.24) is 5.32 Å². The molecule has 0 radical (unpaired) electrons. The lowest BCUT2D eigenvalue weighted by molar-refractivity contribution is -0.117. The van der Waals surface area contributed by atoms with Crippen molar-refractivity contribution in [2.75, 3.05) is 0 Å². The molecule has 2 aromatic rings. The molecule has 0 aliphatic rings. The first-order chi connectivity index (χ1) is 9.15. The number of nitrogens with one attached hydrogen (secondary N) is 1. The Morgan fingerprint density at radius 1 is 1.37 bits per heavy atom. The number of benzene rings is 1. The van der Waals surface area contributed by atoms with Crippen molar-refractivity contribution in [3.05, 3.63) is 62.8 Å².